The Balaban J connectivity index is 3.14. The Morgan fingerprint density at radius 2 is 2.12 bits per heavy atom. The molecule has 1 N–H and O–H groups in total. The first kappa shape index (κ1) is 6.13. The van der Waals surface area contributed by atoms with E-state index >= 15 is 0 Å². The van der Waals surface area contributed by atoms with Gasteiger partial charge in [-0.15, -0.1) is 0 Å². The standard InChI is InChI=1S/C3HCl2NOS/c4-1-2(7)8-3(5)6-1/h7H. The lowest BCUT2D eigenvalue weighted by atomic mass is 10.9. The molecular weight excluding hydrogens is 169 g/mol. The molecule has 1 heterocycles. The molecule has 44 valence electrons. The molecule has 0 unspecified atom stereocenters. The van der Waals surface area contributed by atoms with Gasteiger partial charge in [-0.05, 0) is 0 Å². The highest BCUT2D eigenvalue weighted by Gasteiger charge is 2.03. The molecule has 1 aromatic heterocycles. The number of aromatic hydroxyl groups is 1. The topological polar surface area (TPSA) is 33.1 Å². The second-order valence-corrected chi connectivity index (χ2v) is 2.98. The number of aromatic nitrogens is 1. The van der Waals surface area contributed by atoms with Crippen LogP contribution in [0.5, 0.6) is 5.06 Å². The summed E-state index contributed by atoms with van der Waals surface area (Å²) in [5, 5.41) is 8.72. The Hall–Kier alpha value is 0.01000. The molecule has 0 aliphatic carbocycles. The van der Waals surface area contributed by atoms with Crippen molar-refractivity contribution in [3.05, 3.63) is 9.62 Å². The van der Waals surface area contributed by atoms with Crippen LogP contribution in [-0.2, 0) is 0 Å². The molecule has 1 aromatic rings. The number of hydrogen-bond donors (Lipinski definition) is 1. The predicted octanol–water partition coefficient (Wildman–Crippen LogP) is 2.16. The van der Waals surface area contributed by atoms with E-state index < -0.39 is 0 Å². The van der Waals surface area contributed by atoms with Crippen molar-refractivity contribution >= 4 is 34.5 Å². The highest BCUT2D eigenvalue weighted by molar-refractivity contribution is 7.17. The van der Waals surface area contributed by atoms with Gasteiger partial charge in [0.2, 0.25) is 5.06 Å². The van der Waals surface area contributed by atoms with E-state index in [0.717, 1.165) is 11.3 Å². The smallest absolute Gasteiger partial charge is 0.212 e. The van der Waals surface area contributed by atoms with Crippen molar-refractivity contribution in [2.24, 2.45) is 0 Å². The van der Waals surface area contributed by atoms with E-state index in [2.05, 4.69) is 4.98 Å². The van der Waals surface area contributed by atoms with Crippen LogP contribution in [0.1, 0.15) is 0 Å². The highest BCUT2D eigenvalue weighted by Crippen LogP contribution is 2.32. The van der Waals surface area contributed by atoms with Crippen LogP contribution in [0, 0.1) is 0 Å². The molecule has 2 nitrogen and oxygen atoms in total. The van der Waals surface area contributed by atoms with Crippen molar-refractivity contribution in [1.82, 2.24) is 4.98 Å². The lowest BCUT2D eigenvalue weighted by Gasteiger charge is -1.74. The fourth-order valence-electron chi connectivity index (χ4n) is 0.270. The molecule has 0 amide bonds. The highest BCUT2D eigenvalue weighted by atomic mass is 35.5. The van der Waals surface area contributed by atoms with Crippen LogP contribution >= 0.6 is 34.5 Å². The first-order valence-electron chi connectivity index (χ1n) is 1.71. The third-order valence-corrected chi connectivity index (χ3v) is 1.88. The van der Waals surface area contributed by atoms with Crippen LogP contribution in [0.25, 0.3) is 0 Å². The zero-order chi connectivity index (χ0) is 6.15. The largest absolute Gasteiger partial charge is 0.497 e. The van der Waals surface area contributed by atoms with Gasteiger partial charge in [-0.1, -0.05) is 34.5 Å². The van der Waals surface area contributed by atoms with E-state index in [4.69, 9.17) is 28.3 Å². The second kappa shape index (κ2) is 2.09. The number of halogens is 2. The number of rotatable bonds is 0. The molecule has 0 fully saturated rings. The fraction of sp³-hybridized carbons (Fsp3) is 0. The lowest BCUT2D eigenvalue weighted by molar-refractivity contribution is 0.489. The van der Waals surface area contributed by atoms with Gasteiger partial charge in [-0.25, -0.2) is 4.98 Å². The van der Waals surface area contributed by atoms with Gasteiger partial charge in [0, 0.05) is 0 Å². The number of thiazole rings is 1. The van der Waals surface area contributed by atoms with E-state index in [-0.39, 0.29) is 14.7 Å². The summed E-state index contributed by atoms with van der Waals surface area (Å²) in [7, 11) is 0. The van der Waals surface area contributed by atoms with Gasteiger partial charge in [0.15, 0.2) is 9.62 Å². The van der Waals surface area contributed by atoms with Crippen LogP contribution in [-0.4, -0.2) is 10.1 Å². The van der Waals surface area contributed by atoms with Gasteiger partial charge >= 0.3 is 0 Å². The summed E-state index contributed by atoms with van der Waals surface area (Å²) < 4.78 is 0.257. The molecule has 0 bridgehead atoms. The maximum Gasteiger partial charge on any atom is 0.212 e. The van der Waals surface area contributed by atoms with Gasteiger partial charge < -0.3 is 5.11 Å². The van der Waals surface area contributed by atoms with E-state index in [1.54, 1.807) is 0 Å². The van der Waals surface area contributed by atoms with Crippen molar-refractivity contribution in [3.63, 3.8) is 0 Å². The summed E-state index contributed by atoms with van der Waals surface area (Å²) in [6.07, 6.45) is 0. The van der Waals surface area contributed by atoms with E-state index in [1.165, 1.54) is 0 Å². The normalized spacial score (nSPS) is 9.75. The van der Waals surface area contributed by atoms with Gasteiger partial charge in [0.25, 0.3) is 0 Å². The van der Waals surface area contributed by atoms with Gasteiger partial charge in [-0.2, -0.15) is 0 Å². The summed E-state index contributed by atoms with van der Waals surface area (Å²) >= 11 is 11.6. The Morgan fingerprint density at radius 1 is 1.50 bits per heavy atom. The molecule has 0 atom stereocenters. The van der Waals surface area contributed by atoms with E-state index in [1.807, 2.05) is 0 Å². The number of hydrogen-bond acceptors (Lipinski definition) is 3. The Morgan fingerprint density at radius 3 is 2.25 bits per heavy atom. The zero-order valence-corrected chi connectivity index (χ0v) is 5.89. The summed E-state index contributed by atoms with van der Waals surface area (Å²) in [6.45, 7) is 0. The van der Waals surface area contributed by atoms with Gasteiger partial charge in [-0.3, -0.25) is 0 Å². The minimum absolute atomic E-state index is 0.0309. The first-order chi connectivity index (χ1) is 3.70. The molecule has 0 saturated heterocycles. The minimum Gasteiger partial charge on any atom is -0.497 e. The van der Waals surface area contributed by atoms with Gasteiger partial charge in [0.05, 0.1) is 0 Å². The van der Waals surface area contributed by atoms with E-state index in [9.17, 15) is 0 Å². The second-order valence-electron chi connectivity index (χ2n) is 1.06. The monoisotopic (exact) mass is 169 g/mol. The SMILES string of the molecule is Oc1sc(Cl)nc1Cl. The zero-order valence-electron chi connectivity index (χ0n) is 3.56. The summed E-state index contributed by atoms with van der Waals surface area (Å²) in [5.74, 6) is 0. The molecule has 0 saturated carbocycles. The third kappa shape index (κ3) is 1.05. The summed E-state index contributed by atoms with van der Waals surface area (Å²) in [5.41, 5.74) is 0. The van der Waals surface area contributed by atoms with Crippen LogP contribution in [0.2, 0.25) is 9.62 Å². The molecule has 8 heavy (non-hydrogen) atoms. The molecule has 0 radical (unpaired) electrons. The summed E-state index contributed by atoms with van der Waals surface area (Å²) in [6, 6.07) is 0. The van der Waals surface area contributed by atoms with Crippen LogP contribution in [0.4, 0.5) is 0 Å². The minimum atomic E-state index is -0.0309. The average molecular weight is 170 g/mol. The van der Waals surface area contributed by atoms with Crippen molar-refractivity contribution in [3.8, 4) is 5.06 Å². The lowest BCUT2D eigenvalue weighted by Crippen LogP contribution is -1.57. The van der Waals surface area contributed by atoms with Crippen molar-refractivity contribution in [1.29, 1.82) is 0 Å². The van der Waals surface area contributed by atoms with Gasteiger partial charge in [0.1, 0.15) is 0 Å². The molecule has 5 heteroatoms. The van der Waals surface area contributed by atoms with Crippen LogP contribution in [0.3, 0.4) is 0 Å². The molecule has 0 aromatic carbocycles. The maximum absolute atomic E-state index is 8.68. The molecular formula is C3HCl2NOS. The Kier molecular flexibility index (Phi) is 1.60. The first-order valence-corrected chi connectivity index (χ1v) is 3.28. The van der Waals surface area contributed by atoms with Crippen LogP contribution in [0.15, 0.2) is 0 Å². The number of nitrogens with zero attached hydrogens (tertiary/aromatic N) is 1. The van der Waals surface area contributed by atoms with Crippen molar-refractivity contribution < 1.29 is 5.11 Å². The predicted molar refractivity (Wildman–Crippen MR) is 33.8 cm³/mol. The van der Waals surface area contributed by atoms with E-state index in [0.29, 0.717) is 0 Å². The maximum atomic E-state index is 8.68. The van der Waals surface area contributed by atoms with Crippen molar-refractivity contribution in [2.75, 3.05) is 0 Å². The third-order valence-electron chi connectivity index (χ3n) is 0.543. The summed E-state index contributed by atoms with van der Waals surface area (Å²) in [4.78, 5) is 3.51. The Bertz CT molecular complexity index is 180. The fourth-order valence-corrected chi connectivity index (χ4v) is 1.29. The molecule has 0 aliphatic rings. The van der Waals surface area contributed by atoms with Crippen LogP contribution < -0.4 is 0 Å². The van der Waals surface area contributed by atoms with Crippen molar-refractivity contribution in [2.45, 2.75) is 0 Å². The Labute approximate surface area is 59.7 Å². The average Bonchev–Trinajstić information content (AvgIpc) is 1.85. The molecule has 0 aliphatic heterocycles. The quantitative estimate of drug-likeness (QED) is 0.646. The molecule has 1 rings (SSSR count). The molecule has 0 spiro atoms.